The van der Waals surface area contributed by atoms with Crippen LogP contribution in [0.25, 0.3) is 16.7 Å². The summed E-state index contributed by atoms with van der Waals surface area (Å²) < 4.78 is 7.78. The molecule has 0 unspecified atom stereocenters. The number of hydrogen-bond acceptors (Lipinski definition) is 5. The molecule has 2 aromatic heterocycles. The largest absolute Gasteiger partial charge is 0.381 e. The van der Waals surface area contributed by atoms with E-state index in [4.69, 9.17) is 9.72 Å². The number of nitriles is 1. The molecule has 1 aromatic carbocycles. The van der Waals surface area contributed by atoms with E-state index in [2.05, 4.69) is 39.7 Å². The van der Waals surface area contributed by atoms with Gasteiger partial charge in [0.05, 0.1) is 16.6 Å². The Labute approximate surface area is 178 Å². The lowest BCUT2D eigenvalue weighted by molar-refractivity contribution is 0.0665. The van der Waals surface area contributed by atoms with E-state index < -0.39 is 0 Å². The van der Waals surface area contributed by atoms with E-state index >= 15 is 0 Å². The molecule has 0 aliphatic carbocycles. The third kappa shape index (κ3) is 3.42. The molecule has 0 amide bonds. The highest BCUT2D eigenvalue weighted by Gasteiger charge is 2.26. The third-order valence-electron chi connectivity index (χ3n) is 6.45. The molecule has 1 N–H and O–H groups in total. The van der Waals surface area contributed by atoms with E-state index in [1.807, 2.05) is 12.1 Å². The number of benzene rings is 1. The monoisotopic (exact) mass is 405 g/mol. The van der Waals surface area contributed by atoms with E-state index in [1.54, 1.807) is 0 Å². The van der Waals surface area contributed by atoms with Gasteiger partial charge in [0.2, 0.25) is 0 Å². The summed E-state index contributed by atoms with van der Waals surface area (Å²) in [6.45, 7) is 7.72. The molecular weight excluding hydrogens is 374 g/mol. The summed E-state index contributed by atoms with van der Waals surface area (Å²) in [5, 5.41) is 13.6. The molecule has 6 nitrogen and oxygen atoms in total. The average Bonchev–Trinajstić information content (AvgIpc) is 3.15. The van der Waals surface area contributed by atoms with Crippen LogP contribution in [-0.4, -0.2) is 48.8 Å². The molecule has 30 heavy (non-hydrogen) atoms. The summed E-state index contributed by atoms with van der Waals surface area (Å²) in [7, 11) is 0. The van der Waals surface area contributed by atoms with Crippen molar-refractivity contribution in [3.8, 4) is 6.07 Å². The molecule has 2 aliphatic rings. The van der Waals surface area contributed by atoms with Crippen LogP contribution in [0.4, 0.5) is 5.82 Å². The van der Waals surface area contributed by atoms with Crippen molar-refractivity contribution in [2.75, 3.05) is 44.3 Å². The number of ether oxygens (including phenoxy) is 1. The van der Waals surface area contributed by atoms with Gasteiger partial charge in [0.1, 0.15) is 11.9 Å². The van der Waals surface area contributed by atoms with Crippen molar-refractivity contribution in [2.45, 2.75) is 33.6 Å². The molecule has 2 aliphatic heterocycles. The Balaban J connectivity index is 0.00000218. The summed E-state index contributed by atoms with van der Waals surface area (Å²) in [6, 6.07) is 10.7. The molecule has 0 spiro atoms. The van der Waals surface area contributed by atoms with Crippen molar-refractivity contribution in [1.29, 1.82) is 5.26 Å². The van der Waals surface area contributed by atoms with Crippen LogP contribution in [0.3, 0.4) is 0 Å². The van der Waals surface area contributed by atoms with Crippen LogP contribution in [0.1, 0.15) is 37.0 Å². The second-order valence-electron chi connectivity index (χ2n) is 8.17. The minimum absolute atomic E-state index is 0. The van der Waals surface area contributed by atoms with Crippen molar-refractivity contribution < 1.29 is 4.74 Å². The van der Waals surface area contributed by atoms with E-state index in [0.29, 0.717) is 5.92 Å². The lowest BCUT2D eigenvalue weighted by Crippen LogP contribution is -2.44. The normalized spacial score (nSPS) is 17.8. The highest BCUT2D eigenvalue weighted by atomic mass is 16.5. The molecule has 158 valence electrons. The van der Waals surface area contributed by atoms with Crippen molar-refractivity contribution in [3.05, 3.63) is 41.0 Å². The number of fused-ring (bicyclic) bond motifs is 3. The predicted molar refractivity (Wildman–Crippen MR) is 121 cm³/mol. The van der Waals surface area contributed by atoms with Gasteiger partial charge in [-0.3, -0.25) is 4.40 Å². The van der Waals surface area contributed by atoms with Crippen molar-refractivity contribution in [2.24, 2.45) is 5.92 Å². The van der Waals surface area contributed by atoms with Gasteiger partial charge < -0.3 is 15.0 Å². The Kier molecular flexibility index (Phi) is 5.94. The van der Waals surface area contributed by atoms with Gasteiger partial charge in [-0.25, -0.2) is 4.98 Å². The molecular formula is C24H31N5O. The maximum atomic E-state index is 10.1. The fourth-order valence-corrected chi connectivity index (χ4v) is 4.90. The van der Waals surface area contributed by atoms with Crippen LogP contribution in [0, 0.1) is 24.2 Å². The SMILES string of the molecule is C.Cc1c(CC2CCOCC2)c(C#N)c2nc3ccccc3n2c1N1CCNCC1. The zero-order valence-electron chi connectivity index (χ0n) is 16.9. The number of nitrogens with zero attached hydrogens (tertiary/aromatic N) is 4. The van der Waals surface area contributed by atoms with E-state index in [1.165, 1.54) is 16.9 Å². The third-order valence-corrected chi connectivity index (χ3v) is 6.45. The first-order chi connectivity index (χ1) is 14.3. The number of anilines is 1. The number of imidazole rings is 1. The van der Waals surface area contributed by atoms with Crippen LogP contribution in [0.15, 0.2) is 24.3 Å². The number of aromatic nitrogens is 2. The van der Waals surface area contributed by atoms with Crippen molar-refractivity contribution >= 4 is 22.5 Å². The summed E-state index contributed by atoms with van der Waals surface area (Å²) in [5.74, 6) is 1.77. The summed E-state index contributed by atoms with van der Waals surface area (Å²) >= 11 is 0. The molecule has 3 aromatic rings. The predicted octanol–water partition coefficient (Wildman–Crippen LogP) is 3.68. The Bertz CT molecular complexity index is 1080. The smallest absolute Gasteiger partial charge is 0.157 e. The molecule has 4 heterocycles. The number of rotatable bonds is 3. The van der Waals surface area contributed by atoms with Gasteiger partial charge in [0.25, 0.3) is 0 Å². The maximum absolute atomic E-state index is 10.1. The lowest BCUT2D eigenvalue weighted by Gasteiger charge is -2.33. The minimum atomic E-state index is 0. The first-order valence-electron chi connectivity index (χ1n) is 10.6. The summed E-state index contributed by atoms with van der Waals surface area (Å²) in [4.78, 5) is 7.37. The van der Waals surface area contributed by atoms with Gasteiger partial charge in [-0.2, -0.15) is 5.26 Å². The molecule has 0 saturated carbocycles. The van der Waals surface area contributed by atoms with E-state index in [0.717, 1.165) is 80.9 Å². The number of piperazine rings is 1. The highest BCUT2D eigenvalue weighted by molar-refractivity contribution is 5.86. The number of nitrogens with one attached hydrogen (secondary N) is 1. The fourth-order valence-electron chi connectivity index (χ4n) is 4.90. The van der Waals surface area contributed by atoms with Crippen LogP contribution < -0.4 is 10.2 Å². The number of pyridine rings is 1. The molecule has 0 radical (unpaired) electrons. The molecule has 2 saturated heterocycles. The lowest BCUT2D eigenvalue weighted by atomic mass is 9.88. The Morgan fingerprint density at radius 1 is 1.20 bits per heavy atom. The zero-order chi connectivity index (χ0) is 19.8. The summed E-state index contributed by atoms with van der Waals surface area (Å²) in [5.41, 5.74) is 5.97. The van der Waals surface area contributed by atoms with Gasteiger partial charge in [0.15, 0.2) is 5.65 Å². The summed E-state index contributed by atoms with van der Waals surface area (Å²) in [6.07, 6.45) is 3.06. The van der Waals surface area contributed by atoms with E-state index in [9.17, 15) is 5.26 Å². The van der Waals surface area contributed by atoms with Crippen LogP contribution >= 0.6 is 0 Å². The molecule has 0 bridgehead atoms. The minimum Gasteiger partial charge on any atom is -0.381 e. The van der Waals surface area contributed by atoms with Crippen molar-refractivity contribution in [1.82, 2.24) is 14.7 Å². The first-order valence-corrected chi connectivity index (χ1v) is 10.6. The topological polar surface area (TPSA) is 65.6 Å². The maximum Gasteiger partial charge on any atom is 0.157 e. The zero-order valence-corrected chi connectivity index (χ0v) is 16.9. The second-order valence-corrected chi connectivity index (χ2v) is 8.17. The van der Waals surface area contributed by atoms with Crippen LogP contribution in [0.2, 0.25) is 0 Å². The van der Waals surface area contributed by atoms with Crippen LogP contribution in [0.5, 0.6) is 0 Å². The molecule has 2 fully saturated rings. The quantitative estimate of drug-likeness (QED) is 0.720. The second kappa shape index (κ2) is 8.63. The average molecular weight is 406 g/mol. The molecule has 0 atom stereocenters. The van der Waals surface area contributed by atoms with Gasteiger partial charge in [-0.05, 0) is 55.4 Å². The fraction of sp³-hybridized carbons (Fsp3) is 0.500. The number of hydrogen-bond donors (Lipinski definition) is 1. The van der Waals surface area contributed by atoms with Crippen LogP contribution in [-0.2, 0) is 11.2 Å². The Hall–Kier alpha value is -2.62. The molecule has 6 heteroatoms. The first kappa shape index (κ1) is 20.6. The van der Waals surface area contributed by atoms with Gasteiger partial charge in [0, 0.05) is 39.4 Å². The molecule has 5 rings (SSSR count). The van der Waals surface area contributed by atoms with Gasteiger partial charge >= 0.3 is 0 Å². The Morgan fingerprint density at radius 3 is 2.67 bits per heavy atom. The van der Waals surface area contributed by atoms with Gasteiger partial charge in [-0.15, -0.1) is 0 Å². The standard InChI is InChI=1S/C23H27N5O.CH4/c1-16-18(14-17-6-12-29-13-7-17)19(15-24)22-26-20-4-2-3-5-21(20)28(22)23(16)27-10-8-25-9-11-27;/h2-5,17,25H,6-14H2,1H3;1H4. The number of para-hydroxylation sites is 2. The van der Waals surface area contributed by atoms with Crippen molar-refractivity contribution in [3.63, 3.8) is 0 Å². The highest BCUT2D eigenvalue weighted by Crippen LogP contribution is 2.35. The Morgan fingerprint density at radius 2 is 1.93 bits per heavy atom. The van der Waals surface area contributed by atoms with E-state index in [-0.39, 0.29) is 7.43 Å². The van der Waals surface area contributed by atoms with Gasteiger partial charge in [-0.1, -0.05) is 19.6 Å².